The average molecular weight is 442 g/mol. The van der Waals surface area contributed by atoms with Crippen molar-refractivity contribution in [2.24, 2.45) is 0 Å². The van der Waals surface area contributed by atoms with Crippen molar-refractivity contribution in [1.82, 2.24) is 4.90 Å². The number of β-lactam (4-membered cyclic amide) rings is 1. The number of ether oxygens (including phenoxy) is 5. The highest BCUT2D eigenvalue weighted by atomic mass is 16.8. The Morgan fingerprint density at radius 1 is 0.969 bits per heavy atom. The molecule has 0 N–H and O–H groups in total. The first kappa shape index (κ1) is 22.7. The molecule has 0 aliphatic carbocycles. The minimum atomic E-state index is -1.16. The number of hydrogen-bond donors (Lipinski definition) is 0. The molecule has 7 nitrogen and oxygen atoms in total. The Hall–Kier alpha value is -2.45. The van der Waals surface area contributed by atoms with Crippen LogP contribution in [0.15, 0.2) is 60.7 Å². The smallest absolute Gasteiger partial charge is 0.266 e. The predicted molar refractivity (Wildman–Crippen MR) is 118 cm³/mol. The summed E-state index contributed by atoms with van der Waals surface area (Å²) in [5.41, 5.74) is 1.04. The molecule has 0 unspecified atom stereocenters. The summed E-state index contributed by atoms with van der Waals surface area (Å²) < 4.78 is 29.9. The molecule has 0 spiro atoms. The van der Waals surface area contributed by atoms with E-state index >= 15 is 0 Å². The Morgan fingerprint density at radius 2 is 1.56 bits per heavy atom. The molecular formula is C25H31NO6. The Balaban J connectivity index is 1.64. The summed E-state index contributed by atoms with van der Waals surface area (Å²) in [6.45, 7) is 5.80. The van der Waals surface area contributed by atoms with Crippen LogP contribution in [0.2, 0.25) is 0 Å². The van der Waals surface area contributed by atoms with Crippen molar-refractivity contribution in [3.05, 3.63) is 66.2 Å². The van der Waals surface area contributed by atoms with Crippen molar-refractivity contribution in [2.75, 3.05) is 20.8 Å². The Kier molecular flexibility index (Phi) is 6.27. The SMILES string of the molecule is CO[C@]1(C)OC[C@@H]([C@@H]2[C@H](Oc3ccccc3)C(=O)N2[C@H](C)c2ccccc2)O[C@@]1(C)OC. The first-order chi connectivity index (χ1) is 15.3. The maximum Gasteiger partial charge on any atom is 0.266 e. The Labute approximate surface area is 189 Å². The van der Waals surface area contributed by atoms with E-state index < -0.39 is 23.8 Å². The van der Waals surface area contributed by atoms with Crippen LogP contribution in [0.4, 0.5) is 0 Å². The van der Waals surface area contributed by atoms with Crippen LogP contribution in [0.25, 0.3) is 0 Å². The molecule has 0 bridgehead atoms. The number of carbonyl (C=O) groups excluding carboxylic acids is 1. The molecule has 32 heavy (non-hydrogen) atoms. The molecule has 172 valence electrons. The minimum Gasteiger partial charge on any atom is -0.478 e. The van der Waals surface area contributed by atoms with Gasteiger partial charge in [-0.15, -0.1) is 0 Å². The summed E-state index contributed by atoms with van der Waals surface area (Å²) in [5.74, 6) is -1.70. The molecule has 1 amide bonds. The lowest BCUT2D eigenvalue weighted by Crippen LogP contribution is -2.75. The van der Waals surface area contributed by atoms with E-state index in [1.54, 1.807) is 28.1 Å². The zero-order chi connectivity index (χ0) is 22.9. The van der Waals surface area contributed by atoms with Gasteiger partial charge in [0.15, 0.2) is 6.10 Å². The van der Waals surface area contributed by atoms with Crippen LogP contribution < -0.4 is 4.74 Å². The van der Waals surface area contributed by atoms with Gasteiger partial charge in [-0.1, -0.05) is 48.5 Å². The molecule has 7 heteroatoms. The van der Waals surface area contributed by atoms with Crippen molar-refractivity contribution < 1.29 is 28.5 Å². The summed E-state index contributed by atoms with van der Waals surface area (Å²) in [6, 6.07) is 18.7. The standard InChI is InChI=1S/C25H31NO6/c1-17(18-12-8-6-9-13-18)26-21(22(23(26)27)31-19-14-10-7-11-15-19)20-16-30-24(2,28-4)25(3,29-5)32-20/h6-15,17,20-22H,16H2,1-5H3/t17-,20+,21-,22+,24-,25-/m1/s1. The molecule has 6 atom stereocenters. The first-order valence-corrected chi connectivity index (χ1v) is 10.8. The molecule has 2 fully saturated rings. The van der Waals surface area contributed by atoms with Gasteiger partial charge >= 0.3 is 0 Å². The highest BCUT2D eigenvalue weighted by Crippen LogP contribution is 2.43. The molecule has 0 saturated carbocycles. The summed E-state index contributed by atoms with van der Waals surface area (Å²) in [6.07, 6.45) is -1.16. The normalized spacial score (nSPS) is 33.5. The number of amides is 1. The van der Waals surface area contributed by atoms with Gasteiger partial charge in [-0.25, -0.2) is 0 Å². The molecule has 0 aromatic heterocycles. The number of likely N-dealkylation sites (tertiary alicyclic amines) is 1. The zero-order valence-electron chi connectivity index (χ0n) is 19.2. The summed E-state index contributed by atoms with van der Waals surface area (Å²) in [7, 11) is 3.11. The minimum absolute atomic E-state index is 0.0852. The molecule has 2 aromatic rings. The lowest BCUT2D eigenvalue weighted by molar-refractivity contribution is -0.437. The quantitative estimate of drug-likeness (QED) is 0.613. The van der Waals surface area contributed by atoms with Crippen molar-refractivity contribution >= 4 is 5.91 Å². The molecule has 4 rings (SSSR count). The average Bonchev–Trinajstić information content (AvgIpc) is 2.83. The summed E-state index contributed by atoms with van der Waals surface area (Å²) in [4.78, 5) is 15.1. The van der Waals surface area contributed by atoms with E-state index in [2.05, 4.69) is 0 Å². The lowest BCUT2D eigenvalue weighted by Gasteiger charge is -2.56. The van der Waals surface area contributed by atoms with Crippen LogP contribution in [-0.4, -0.2) is 61.5 Å². The Bertz CT molecular complexity index is 925. The molecule has 2 aromatic carbocycles. The number of benzene rings is 2. The van der Waals surface area contributed by atoms with Crippen LogP contribution in [0.1, 0.15) is 32.4 Å². The largest absolute Gasteiger partial charge is 0.478 e. The van der Waals surface area contributed by atoms with Crippen LogP contribution >= 0.6 is 0 Å². The van der Waals surface area contributed by atoms with E-state index in [1.807, 2.05) is 72.5 Å². The van der Waals surface area contributed by atoms with Crippen molar-refractivity contribution in [1.29, 1.82) is 0 Å². The van der Waals surface area contributed by atoms with E-state index in [4.69, 9.17) is 23.7 Å². The third kappa shape index (κ3) is 3.79. The van der Waals surface area contributed by atoms with Gasteiger partial charge in [-0.3, -0.25) is 4.79 Å². The van der Waals surface area contributed by atoms with E-state index in [9.17, 15) is 4.79 Å². The molecule has 2 aliphatic rings. The Morgan fingerprint density at radius 3 is 2.16 bits per heavy atom. The number of methoxy groups -OCH3 is 2. The van der Waals surface area contributed by atoms with Crippen LogP contribution in [0.5, 0.6) is 5.75 Å². The van der Waals surface area contributed by atoms with Gasteiger partial charge in [-0.05, 0) is 38.5 Å². The highest BCUT2D eigenvalue weighted by molar-refractivity contribution is 5.89. The van der Waals surface area contributed by atoms with E-state index in [0.29, 0.717) is 5.75 Å². The third-order valence-electron chi connectivity index (χ3n) is 6.72. The number of nitrogens with zero attached hydrogens (tertiary/aromatic N) is 1. The second-order valence-electron chi connectivity index (χ2n) is 8.44. The van der Waals surface area contributed by atoms with Gasteiger partial charge in [0.1, 0.15) is 17.9 Å². The summed E-state index contributed by atoms with van der Waals surface area (Å²) >= 11 is 0. The maximum absolute atomic E-state index is 13.3. The van der Waals surface area contributed by atoms with Gasteiger partial charge in [0, 0.05) is 14.2 Å². The number of para-hydroxylation sites is 1. The van der Waals surface area contributed by atoms with Crippen LogP contribution in [-0.2, 0) is 23.7 Å². The zero-order valence-corrected chi connectivity index (χ0v) is 19.2. The molecule has 0 radical (unpaired) electrons. The second-order valence-corrected chi connectivity index (χ2v) is 8.44. The molecule has 2 saturated heterocycles. The monoisotopic (exact) mass is 441 g/mol. The third-order valence-corrected chi connectivity index (χ3v) is 6.72. The second kappa shape index (κ2) is 8.83. The molecule has 2 heterocycles. The van der Waals surface area contributed by atoms with Crippen molar-refractivity contribution in [3.63, 3.8) is 0 Å². The highest BCUT2D eigenvalue weighted by Gasteiger charge is 2.61. The van der Waals surface area contributed by atoms with E-state index in [-0.39, 0.29) is 24.6 Å². The molecular weight excluding hydrogens is 410 g/mol. The van der Waals surface area contributed by atoms with Gasteiger partial charge in [0.05, 0.1) is 12.6 Å². The fourth-order valence-corrected chi connectivity index (χ4v) is 4.43. The molecule has 2 aliphatic heterocycles. The van der Waals surface area contributed by atoms with Crippen molar-refractivity contribution in [3.8, 4) is 5.75 Å². The van der Waals surface area contributed by atoms with Gasteiger partial charge in [-0.2, -0.15) is 0 Å². The number of carbonyl (C=O) groups is 1. The van der Waals surface area contributed by atoms with E-state index in [0.717, 1.165) is 5.56 Å². The van der Waals surface area contributed by atoms with Crippen LogP contribution in [0.3, 0.4) is 0 Å². The maximum atomic E-state index is 13.3. The lowest BCUT2D eigenvalue weighted by atomic mass is 9.87. The number of hydrogen-bond acceptors (Lipinski definition) is 6. The fraction of sp³-hybridized carbons (Fsp3) is 0.480. The van der Waals surface area contributed by atoms with Crippen LogP contribution in [0, 0.1) is 0 Å². The number of rotatable bonds is 7. The predicted octanol–water partition coefficient (Wildman–Crippen LogP) is 3.55. The van der Waals surface area contributed by atoms with Gasteiger partial charge < -0.3 is 28.6 Å². The van der Waals surface area contributed by atoms with E-state index in [1.165, 1.54) is 0 Å². The topological polar surface area (TPSA) is 66.5 Å². The first-order valence-electron chi connectivity index (χ1n) is 10.8. The fourth-order valence-electron chi connectivity index (χ4n) is 4.43. The summed E-state index contributed by atoms with van der Waals surface area (Å²) in [5, 5.41) is 0. The van der Waals surface area contributed by atoms with Crippen molar-refractivity contribution in [2.45, 2.75) is 56.6 Å². The van der Waals surface area contributed by atoms with Gasteiger partial charge in [0.2, 0.25) is 11.6 Å². The van der Waals surface area contributed by atoms with Gasteiger partial charge in [0.25, 0.3) is 5.91 Å².